The number of quaternary nitrogens is 1. The van der Waals surface area contributed by atoms with Crippen molar-refractivity contribution in [3.05, 3.63) is 41.1 Å². The number of aliphatic hydroxyl groups is 2. The van der Waals surface area contributed by atoms with Crippen molar-refractivity contribution in [2.75, 3.05) is 6.54 Å². The van der Waals surface area contributed by atoms with E-state index in [-0.39, 0.29) is 6.54 Å². The minimum atomic E-state index is -0.916. The first-order chi connectivity index (χ1) is 7.53. The lowest BCUT2D eigenvalue weighted by molar-refractivity contribution is -0.906. The standard InChI is InChI=1S/C12H17NO3/c1-9-12(15)11(14)8-13(9,16)7-10-5-3-2-4-6-10/h2-6,9,11-12,14-15H,7-8H2,1H3/t9-,11+,12-,13+/m0/s1. The minimum Gasteiger partial charge on any atom is -0.632 e. The number of aliphatic hydroxyl groups excluding tert-OH is 2. The molecule has 1 fully saturated rings. The largest absolute Gasteiger partial charge is 0.632 e. The fourth-order valence-electron chi connectivity index (χ4n) is 2.29. The molecule has 0 unspecified atom stereocenters. The summed E-state index contributed by atoms with van der Waals surface area (Å²) >= 11 is 0. The highest BCUT2D eigenvalue weighted by Gasteiger charge is 2.45. The van der Waals surface area contributed by atoms with Gasteiger partial charge in [-0.15, -0.1) is 0 Å². The molecule has 2 rings (SSSR count). The Labute approximate surface area is 94.9 Å². The van der Waals surface area contributed by atoms with Crippen LogP contribution < -0.4 is 0 Å². The van der Waals surface area contributed by atoms with Gasteiger partial charge in [-0.05, 0) is 6.92 Å². The fourth-order valence-corrected chi connectivity index (χ4v) is 2.29. The molecule has 1 heterocycles. The number of likely N-dealkylation sites (tertiary alicyclic amines) is 1. The monoisotopic (exact) mass is 223 g/mol. The van der Waals surface area contributed by atoms with Gasteiger partial charge in [-0.1, -0.05) is 30.3 Å². The van der Waals surface area contributed by atoms with E-state index in [0.29, 0.717) is 6.54 Å². The molecule has 88 valence electrons. The van der Waals surface area contributed by atoms with E-state index < -0.39 is 22.9 Å². The molecule has 1 saturated heterocycles. The Balaban J connectivity index is 2.15. The Morgan fingerprint density at radius 3 is 2.44 bits per heavy atom. The topological polar surface area (TPSA) is 63.5 Å². The van der Waals surface area contributed by atoms with Crippen molar-refractivity contribution in [2.24, 2.45) is 0 Å². The first-order valence-electron chi connectivity index (χ1n) is 5.51. The number of hydroxylamine groups is 3. The van der Waals surface area contributed by atoms with Crippen LogP contribution >= 0.6 is 0 Å². The number of benzene rings is 1. The van der Waals surface area contributed by atoms with Crippen LogP contribution in [0.15, 0.2) is 30.3 Å². The smallest absolute Gasteiger partial charge is 0.137 e. The van der Waals surface area contributed by atoms with Crippen molar-refractivity contribution in [2.45, 2.75) is 31.7 Å². The van der Waals surface area contributed by atoms with Gasteiger partial charge in [0.2, 0.25) is 0 Å². The Hall–Kier alpha value is -0.940. The van der Waals surface area contributed by atoms with E-state index >= 15 is 0 Å². The van der Waals surface area contributed by atoms with Crippen LogP contribution in [0, 0.1) is 5.21 Å². The quantitative estimate of drug-likeness (QED) is 0.571. The Kier molecular flexibility index (Phi) is 2.99. The summed E-state index contributed by atoms with van der Waals surface area (Å²) in [5.41, 5.74) is 0.936. The van der Waals surface area contributed by atoms with E-state index in [1.165, 1.54) is 0 Å². The Morgan fingerprint density at radius 2 is 1.94 bits per heavy atom. The number of hydrogen-bond donors (Lipinski definition) is 2. The molecule has 16 heavy (non-hydrogen) atoms. The molecular formula is C12H17NO3. The molecule has 2 N–H and O–H groups in total. The van der Waals surface area contributed by atoms with Gasteiger partial charge in [0.05, 0.1) is 0 Å². The number of nitrogens with zero attached hydrogens (tertiary/aromatic N) is 1. The molecule has 4 nitrogen and oxygen atoms in total. The summed E-state index contributed by atoms with van der Waals surface area (Å²) in [6, 6.07) is 8.97. The van der Waals surface area contributed by atoms with E-state index in [2.05, 4.69) is 0 Å². The highest BCUT2D eigenvalue weighted by molar-refractivity contribution is 5.13. The molecule has 0 amide bonds. The maximum Gasteiger partial charge on any atom is 0.137 e. The lowest BCUT2D eigenvalue weighted by Crippen LogP contribution is -2.46. The van der Waals surface area contributed by atoms with Crippen LogP contribution in [0.4, 0.5) is 0 Å². The summed E-state index contributed by atoms with van der Waals surface area (Å²) in [4.78, 5) is 0. The van der Waals surface area contributed by atoms with E-state index in [1.807, 2.05) is 30.3 Å². The average molecular weight is 223 g/mol. The molecule has 0 spiro atoms. The van der Waals surface area contributed by atoms with Crippen molar-refractivity contribution in [3.63, 3.8) is 0 Å². The highest BCUT2D eigenvalue weighted by atomic mass is 16.6. The van der Waals surface area contributed by atoms with E-state index in [4.69, 9.17) is 0 Å². The number of hydrogen-bond acceptors (Lipinski definition) is 3. The van der Waals surface area contributed by atoms with Crippen molar-refractivity contribution in [1.29, 1.82) is 0 Å². The van der Waals surface area contributed by atoms with Crippen LogP contribution in [0.3, 0.4) is 0 Å². The van der Waals surface area contributed by atoms with E-state index in [0.717, 1.165) is 5.56 Å². The molecule has 0 bridgehead atoms. The lowest BCUT2D eigenvalue weighted by atomic mass is 10.1. The molecule has 4 heteroatoms. The molecule has 1 aliphatic heterocycles. The van der Waals surface area contributed by atoms with Crippen molar-refractivity contribution in [1.82, 2.24) is 0 Å². The van der Waals surface area contributed by atoms with Crippen LogP contribution in [0.5, 0.6) is 0 Å². The van der Waals surface area contributed by atoms with Gasteiger partial charge in [0, 0.05) is 5.56 Å². The summed E-state index contributed by atoms with van der Waals surface area (Å²) in [6.45, 7) is 2.06. The summed E-state index contributed by atoms with van der Waals surface area (Å²) < 4.78 is -0.549. The first kappa shape index (κ1) is 11.5. The minimum absolute atomic E-state index is 0.0667. The summed E-state index contributed by atoms with van der Waals surface area (Å²) in [5, 5.41) is 31.6. The van der Waals surface area contributed by atoms with Crippen LogP contribution in [-0.4, -0.2) is 39.7 Å². The van der Waals surface area contributed by atoms with Crippen molar-refractivity contribution < 1.29 is 14.9 Å². The average Bonchev–Trinajstić information content (AvgIpc) is 2.44. The Morgan fingerprint density at radius 1 is 1.31 bits per heavy atom. The van der Waals surface area contributed by atoms with Gasteiger partial charge < -0.3 is 20.1 Å². The normalized spacial score (nSPS) is 38.9. The van der Waals surface area contributed by atoms with Gasteiger partial charge in [0.15, 0.2) is 0 Å². The van der Waals surface area contributed by atoms with Gasteiger partial charge in [-0.2, -0.15) is 0 Å². The fraction of sp³-hybridized carbons (Fsp3) is 0.500. The van der Waals surface area contributed by atoms with Gasteiger partial charge in [-0.3, -0.25) is 0 Å². The third kappa shape index (κ3) is 1.97. The van der Waals surface area contributed by atoms with Gasteiger partial charge in [0.25, 0.3) is 0 Å². The summed E-state index contributed by atoms with van der Waals surface area (Å²) in [6.07, 6.45) is -1.82. The SMILES string of the molecule is C[C@H]1[C@H](O)[C@H](O)C[N@+]1([O-])Cc1ccccc1. The zero-order valence-corrected chi connectivity index (χ0v) is 9.28. The molecule has 4 atom stereocenters. The second-order valence-corrected chi connectivity index (χ2v) is 4.58. The third-order valence-corrected chi connectivity index (χ3v) is 3.42. The van der Waals surface area contributed by atoms with Gasteiger partial charge in [-0.25, -0.2) is 0 Å². The second-order valence-electron chi connectivity index (χ2n) is 4.58. The predicted octanol–water partition coefficient (Wildman–Crippen LogP) is 0.625. The first-order valence-corrected chi connectivity index (χ1v) is 5.51. The van der Waals surface area contributed by atoms with Gasteiger partial charge in [0.1, 0.15) is 31.3 Å². The van der Waals surface area contributed by atoms with Crippen LogP contribution in [-0.2, 0) is 6.54 Å². The molecule has 1 aliphatic rings. The van der Waals surface area contributed by atoms with Crippen LogP contribution in [0.2, 0.25) is 0 Å². The Bertz CT molecular complexity index is 357. The third-order valence-electron chi connectivity index (χ3n) is 3.42. The molecule has 0 radical (unpaired) electrons. The zero-order valence-electron chi connectivity index (χ0n) is 9.28. The van der Waals surface area contributed by atoms with Crippen molar-refractivity contribution >= 4 is 0 Å². The summed E-state index contributed by atoms with van der Waals surface area (Å²) in [7, 11) is 0. The van der Waals surface area contributed by atoms with Crippen LogP contribution in [0.1, 0.15) is 12.5 Å². The molecule has 1 aromatic rings. The highest BCUT2D eigenvalue weighted by Crippen LogP contribution is 2.28. The molecule has 0 aliphatic carbocycles. The van der Waals surface area contributed by atoms with E-state index in [9.17, 15) is 15.4 Å². The zero-order chi connectivity index (χ0) is 11.8. The van der Waals surface area contributed by atoms with Gasteiger partial charge >= 0.3 is 0 Å². The van der Waals surface area contributed by atoms with Crippen molar-refractivity contribution in [3.8, 4) is 0 Å². The molecular weight excluding hydrogens is 206 g/mol. The molecule has 0 saturated carbocycles. The maximum atomic E-state index is 12.4. The van der Waals surface area contributed by atoms with E-state index in [1.54, 1.807) is 6.92 Å². The molecule has 1 aromatic carbocycles. The second kappa shape index (κ2) is 4.14. The maximum absolute atomic E-state index is 12.4. The van der Waals surface area contributed by atoms with Crippen LogP contribution in [0.25, 0.3) is 0 Å². The summed E-state index contributed by atoms with van der Waals surface area (Å²) in [5.74, 6) is 0. The lowest BCUT2D eigenvalue weighted by Gasteiger charge is -2.43. The predicted molar refractivity (Wildman–Crippen MR) is 60.1 cm³/mol. The molecule has 0 aromatic heterocycles. The number of rotatable bonds is 2.